The van der Waals surface area contributed by atoms with E-state index in [1.165, 1.54) is 31.4 Å². The number of amidine groups is 2. The Labute approximate surface area is 181 Å². The smallest absolute Gasteiger partial charge is 0.441 e. The monoisotopic (exact) mass is 464 g/mol. The Bertz CT molecular complexity index is 1260. The van der Waals surface area contributed by atoms with E-state index in [4.69, 9.17) is 10.1 Å². The lowest BCUT2D eigenvalue weighted by molar-refractivity contribution is -0.384. The quantitative estimate of drug-likeness (QED) is 0.419. The molecule has 0 spiro atoms. The molecule has 4 rings (SSSR count). The number of hydrogen-bond acceptors (Lipinski definition) is 7. The molecule has 1 N–H and O–H groups in total. The SMILES string of the molecule is COc1cc([N+](=O)[O-])ccc1-n1cccc1/C=C1\C(=N)N2N=C(C(F)(F)F)SC2=NC1=O. The highest BCUT2D eigenvalue weighted by molar-refractivity contribution is 8.27. The number of nitrogens with zero attached hydrogens (tertiary/aromatic N) is 5. The number of ether oxygens (including phenoxy) is 1. The maximum absolute atomic E-state index is 13.0. The number of rotatable bonds is 4. The van der Waals surface area contributed by atoms with E-state index in [0.717, 1.165) is 0 Å². The summed E-state index contributed by atoms with van der Waals surface area (Å²) >= 11 is 0.163. The molecule has 0 atom stereocenters. The third kappa shape index (κ3) is 3.64. The molecule has 1 aromatic carbocycles. The molecular weight excluding hydrogens is 453 g/mol. The van der Waals surface area contributed by atoms with Crippen molar-refractivity contribution in [2.45, 2.75) is 6.18 Å². The molecule has 2 aliphatic heterocycles. The average molecular weight is 464 g/mol. The summed E-state index contributed by atoms with van der Waals surface area (Å²) in [6.07, 6.45) is -1.87. The van der Waals surface area contributed by atoms with Gasteiger partial charge in [0, 0.05) is 18.0 Å². The number of halogens is 3. The first-order valence-electron chi connectivity index (χ1n) is 8.67. The second-order valence-electron chi connectivity index (χ2n) is 6.34. The summed E-state index contributed by atoms with van der Waals surface area (Å²) in [5.41, 5.74) is 0.301. The number of aliphatic imine (C=N–C) groups is 1. The van der Waals surface area contributed by atoms with Crippen LogP contribution in [0.15, 0.2) is 52.2 Å². The van der Waals surface area contributed by atoms with Crippen LogP contribution in [0.3, 0.4) is 0 Å². The molecule has 32 heavy (non-hydrogen) atoms. The predicted octanol–water partition coefficient (Wildman–Crippen LogP) is 3.58. The zero-order valence-electron chi connectivity index (χ0n) is 16.0. The Morgan fingerprint density at radius 1 is 1.31 bits per heavy atom. The van der Waals surface area contributed by atoms with Crippen molar-refractivity contribution >= 4 is 45.5 Å². The van der Waals surface area contributed by atoms with Gasteiger partial charge in [-0.25, -0.2) is 0 Å². The maximum Gasteiger partial charge on any atom is 0.441 e. The van der Waals surface area contributed by atoms with Crippen molar-refractivity contribution in [2.75, 3.05) is 7.11 Å². The summed E-state index contributed by atoms with van der Waals surface area (Å²) in [7, 11) is 1.34. The Morgan fingerprint density at radius 3 is 2.72 bits per heavy atom. The summed E-state index contributed by atoms with van der Waals surface area (Å²) in [6, 6.07) is 7.14. The number of nitro groups is 1. The molecule has 0 saturated heterocycles. The molecular formula is C18H11F3N6O4S. The Kier molecular flexibility index (Phi) is 5.08. The number of carbonyl (C=O) groups excluding carboxylic acids is 1. The minimum Gasteiger partial charge on any atom is -0.494 e. The number of hydrazone groups is 1. The van der Waals surface area contributed by atoms with Crippen molar-refractivity contribution in [3.05, 3.63) is 57.9 Å². The van der Waals surface area contributed by atoms with Crippen LogP contribution in [0.25, 0.3) is 11.8 Å². The van der Waals surface area contributed by atoms with Gasteiger partial charge in [-0.15, -0.1) is 0 Å². The van der Waals surface area contributed by atoms with Gasteiger partial charge in [0.1, 0.15) is 5.75 Å². The molecule has 2 aliphatic rings. The molecule has 1 amide bonds. The zero-order chi connectivity index (χ0) is 23.2. The topological polar surface area (TPSA) is 126 Å². The number of fused-ring (bicyclic) bond motifs is 1. The summed E-state index contributed by atoms with van der Waals surface area (Å²) < 4.78 is 45.6. The third-order valence-corrected chi connectivity index (χ3v) is 5.36. The lowest BCUT2D eigenvalue weighted by Gasteiger charge is -2.20. The minimum absolute atomic E-state index is 0.163. The highest BCUT2D eigenvalue weighted by Crippen LogP contribution is 2.36. The van der Waals surface area contributed by atoms with Gasteiger partial charge in [0.25, 0.3) is 11.6 Å². The van der Waals surface area contributed by atoms with E-state index in [-0.39, 0.29) is 33.9 Å². The van der Waals surface area contributed by atoms with Crippen LogP contribution in [0.2, 0.25) is 0 Å². The number of amides is 1. The van der Waals surface area contributed by atoms with Crippen LogP contribution in [0.4, 0.5) is 18.9 Å². The highest BCUT2D eigenvalue weighted by Gasteiger charge is 2.46. The molecule has 3 heterocycles. The van der Waals surface area contributed by atoms with Crippen molar-refractivity contribution in [3.8, 4) is 11.4 Å². The molecule has 14 heteroatoms. The normalized spacial score (nSPS) is 17.4. The van der Waals surface area contributed by atoms with Crippen LogP contribution in [-0.2, 0) is 4.79 Å². The van der Waals surface area contributed by atoms with Crippen LogP contribution in [0.5, 0.6) is 5.75 Å². The number of nitrogens with one attached hydrogen (secondary N) is 1. The summed E-state index contributed by atoms with van der Waals surface area (Å²) in [6.45, 7) is 0. The fourth-order valence-electron chi connectivity index (χ4n) is 2.96. The molecule has 10 nitrogen and oxygen atoms in total. The first kappa shape index (κ1) is 21.3. The van der Waals surface area contributed by atoms with Crippen LogP contribution in [0, 0.1) is 15.5 Å². The first-order chi connectivity index (χ1) is 15.1. The van der Waals surface area contributed by atoms with E-state index < -0.39 is 27.9 Å². The van der Waals surface area contributed by atoms with Crippen molar-refractivity contribution in [3.63, 3.8) is 0 Å². The Hall–Kier alpha value is -3.94. The van der Waals surface area contributed by atoms with Gasteiger partial charge < -0.3 is 9.30 Å². The lowest BCUT2D eigenvalue weighted by atomic mass is 10.1. The molecule has 0 radical (unpaired) electrons. The largest absolute Gasteiger partial charge is 0.494 e. The number of aromatic nitrogens is 1. The standard InChI is InChI=1S/C18H11F3N6O4S/c1-31-13-8-10(27(29)30)4-5-12(13)25-6-2-3-9(25)7-11-14(22)26-17(23-15(11)28)32-16(24-26)18(19,20)21/h2-8,22H,1H3/b11-7+,22-14?. The van der Waals surface area contributed by atoms with Gasteiger partial charge in [-0.3, -0.25) is 20.3 Å². The number of non-ortho nitro benzene ring substituents is 1. The summed E-state index contributed by atoms with van der Waals surface area (Å²) in [5, 5.41) is 21.6. The number of alkyl halides is 3. The number of benzene rings is 1. The Balaban J connectivity index is 1.74. The number of carbonyl (C=O) groups is 1. The van der Waals surface area contributed by atoms with Crippen LogP contribution in [-0.4, -0.2) is 49.7 Å². The van der Waals surface area contributed by atoms with Crippen molar-refractivity contribution < 1.29 is 27.6 Å². The van der Waals surface area contributed by atoms with E-state index in [1.54, 1.807) is 22.9 Å². The predicted molar refractivity (Wildman–Crippen MR) is 110 cm³/mol. The fraction of sp³-hybridized carbons (Fsp3) is 0.111. The van der Waals surface area contributed by atoms with Gasteiger partial charge in [-0.1, -0.05) is 0 Å². The van der Waals surface area contributed by atoms with E-state index >= 15 is 0 Å². The molecule has 164 valence electrons. The van der Waals surface area contributed by atoms with E-state index in [9.17, 15) is 28.1 Å². The van der Waals surface area contributed by atoms with E-state index in [2.05, 4.69) is 10.1 Å². The zero-order valence-corrected chi connectivity index (χ0v) is 16.8. The van der Waals surface area contributed by atoms with Gasteiger partial charge in [0.05, 0.1) is 29.4 Å². The van der Waals surface area contributed by atoms with Crippen molar-refractivity contribution in [1.82, 2.24) is 9.58 Å². The average Bonchev–Trinajstić information content (AvgIpc) is 3.37. The van der Waals surface area contributed by atoms with Gasteiger partial charge >= 0.3 is 6.18 Å². The van der Waals surface area contributed by atoms with E-state index in [0.29, 0.717) is 16.4 Å². The first-order valence-corrected chi connectivity index (χ1v) is 9.49. The van der Waals surface area contributed by atoms with Gasteiger partial charge in [0.2, 0.25) is 10.2 Å². The van der Waals surface area contributed by atoms with Gasteiger partial charge in [-0.2, -0.15) is 28.3 Å². The molecule has 1 aromatic heterocycles. The van der Waals surface area contributed by atoms with Gasteiger partial charge in [0.15, 0.2) is 5.84 Å². The second-order valence-corrected chi connectivity index (χ2v) is 7.30. The van der Waals surface area contributed by atoms with Crippen LogP contribution in [0.1, 0.15) is 5.69 Å². The van der Waals surface area contributed by atoms with Crippen molar-refractivity contribution in [1.29, 1.82) is 5.41 Å². The Morgan fingerprint density at radius 2 is 2.06 bits per heavy atom. The molecule has 0 saturated carbocycles. The maximum atomic E-state index is 13.0. The highest BCUT2D eigenvalue weighted by atomic mass is 32.2. The van der Waals surface area contributed by atoms with Crippen LogP contribution >= 0.6 is 11.8 Å². The molecule has 0 bridgehead atoms. The molecule has 0 fully saturated rings. The molecule has 0 unspecified atom stereocenters. The lowest BCUT2D eigenvalue weighted by Crippen LogP contribution is -2.35. The summed E-state index contributed by atoms with van der Waals surface area (Å²) in [4.78, 5) is 26.5. The minimum atomic E-state index is -4.74. The summed E-state index contributed by atoms with van der Waals surface area (Å²) in [5.74, 6) is -1.28. The third-order valence-electron chi connectivity index (χ3n) is 4.40. The number of methoxy groups -OCH3 is 1. The van der Waals surface area contributed by atoms with E-state index in [1.807, 2.05) is 0 Å². The second kappa shape index (κ2) is 7.64. The van der Waals surface area contributed by atoms with Crippen molar-refractivity contribution in [2.24, 2.45) is 10.1 Å². The molecule has 2 aromatic rings. The van der Waals surface area contributed by atoms with Crippen LogP contribution < -0.4 is 4.74 Å². The fourth-order valence-corrected chi connectivity index (χ4v) is 3.72. The molecule has 0 aliphatic carbocycles. The number of hydrogen-bond donors (Lipinski definition) is 1. The van der Waals surface area contributed by atoms with Gasteiger partial charge in [-0.05, 0) is 36.0 Å². The number of nitro benzene ring substituents is 1. The number of thioether (sulfide) groups is 1.